The predicted molar refractivity (Wildman–Crippen MR) is 39.1 cm³/mol. The summed E-state index contributed by atoms with van der Waals surface area (Å²) in [6, 6.07) is -1.26. The van der Waals surface area contributed by atoms with Gasteiger partial charge < -0.3 is 31.0 Å². The predicted octanol–water partition coefficient (Wildman–Crippen LogP) is -3.41. The molecule has 0 saturated carbocycles. The van der Waals surface area contributed by atoms with Crippen molar-refractivity contribution in [3.8, 4) is 0 Å². The van der Waals surface area contributed by atoms with Gasteiger partial charge >= 0.3 is 0 Å². The normalized spacial score (nSPS) is 21.1. The summed E-state index contributed by atoms with van der Waals surface area (Å²) in [6.07, 6.45) is -4.43. The smallest absolute Gasteiger partial charge is 0.139 e. The van der Waals surface area contributed by atoms with Gasteiger partial charge in [-0.05, 0) is 0 Å². The standard InChI is InChI=1S/C6H13NO5/c7-3(1-8)5(11)6(12)4(10)2-9/h1,3-6,9-12H,2,7H2/t3-,4-,5+,6-/m1/s1. The molecule has 0 unspecified atom stereocenters. The number of carbonyl (C=O) groups excluding carboxylic acids is 1. The van der Waals surface area contributed by atoms with E-state index in [0.29, 0.717) is 0 Å². The molecule has 4 atom stereocenters. The van der Waals surface area contributed by atoms with Gasteiger partial charge in [0, 0.05) is 0 Å². The number of hydrogen-bond donors (Lipinski definition) is 5. The molecule has 0 spiro atoms. The fourth-order valence-corrected chi connectivity index (χ4v) is 0.644. The zero-order chi connectivity index (χ0) is 9.72. The van der Waals surface area contributed by atoms with Gasteiger partial charge in [-0.1, -0.05) is 0 Å². The molecule has 0 aliphatic heterocycles. The summed E-state index contributed by atoms with van der Waals surface area (Å²) in [5.74, 6) is 0. The van der Waals surface area contributed by atoms with Gasteiger partial charge in [-0.25, -0.2) is 0 Å². The van der Waals surface area contributed by atoms with Gasteiger partial charge in [0.2, 0.25) is 0 Å². The van der Waals surface area contributed by atoms with E-state index in [1.165, 1.54) is 0 Å². The minimum Gasteiger partial charge on any atom is -0.394 e. The van der Waals surface area contributed by atoms with Gasteiger partial charge in [0.05, 0.1) is 12.6 Å². The van der Waals surface area contributed by atoms with E-state index in [-0.39, 0.29) is 6.29 Å². The van der Waals surface area contributed by atoms with Crippen LogP contribution in [0.5, 0.6) is 0 Å². The number of nitrogens with two attached hydrogens (primary N) is 1. The monoisotopic (exact) mass is 179 g/mol. The third kappa shape index (κ3) is 2.84. The summed E-state index contributed by atoms with van der Waals surface area (Å²) >= 11 is 0. The van der Waals surface area contributed by atoms with E-state index < -0.39 is 31.0 Å². The van der Waals surface area contributed by atoms with Crippen molar-refractivity contribution in [1.29, 1.82) is 0 Å². The Morgan fingerprint density at radius 1 is 1.25 bits per heavy atom. The van der Waals surface area contributed by atoms with Crippen LogP contribution in [-0.4, -0.2) is 57.7 Å². The third-order valence-corrected chi connectivity index (χ3v) is 1.48. The number of aliphatic hydroxyl groups excluding tert-OH is 4. The zero-order valence-corrected chi connectivity index (χ0v) is 6.37. The van der Waals surface area contributed by atoms with Crippen molar-refractivity contribution < 1.29 is 25.2 Å². The van der Waals surface area contributed by atoms with Crippen molar-refractivity contribution in [2.24, 2.45) is 5.73 Å². The highest BCUT2D eigenvalue weighted by Gasteiger charge is 2.28. The molecular weight excluding hydrogens is 166 g/mol. The molecule has 12 heavy (non-hydrogen) atoms. The zero-order valence-electron chi connectivity index (χ0n) is 6.37. The average molecular weight is 179 g/mol. The summed E-state index contributed by atoms with van der Waals surface area (Å²) in [5.41, 5.74) is 5.04. The van der Waals surface area contributed by atoms with E-state index in [9.17, 15) is 4.79 Å². The second-order valence-corrected chi connectivity index (χ2v) is 2.44. The Balaban J connectivity index is 4.07. The van der Waals surface area contributed by atoms with Crippen LogP contribution in [0, 0.1) is 0 Å². The Morgan fingerprint density at radius 3 is 2.08 bits per heavy atom. The van der Waals surface area contributed by atoms with E-state index in [2.05, 4.69) is 0 Å². The van der Waals surface area contributed by atoms with Crippen molar-refractivity contribution in [1.82, 2.24) is 0 Å². The Hall–Kier alpha value is -0.530. The average Bonchev–Trinajstić information content (AvgIpc) is 2.12. The van der Waals surface area contributed by atoms with Crippen molar-refractivity contribution in [2.75, 3.05) is 6.61 Å². The second kappa shape index (κ2) is 5.18. The lowest BCUT2D eigenvalue weighted by Crippen LogP contribution is -2.49. The highest BCUT2D eigenvalue weighted by Crippen LogP contribution is 2.01. The lowest BCUT2D eigenvalue weighted by Gasteiger charge is -2.23. The first-order chi connectivity index (χ1) is 5.54. The Labute approximate surface area is 69.2 Å². The molecule has 0 saturated heterocycles. The maximum atomic E-state index is 10.0. The Morgan fingerprint density at radius 2 is 1.75 bits per heavy atom. The van der Waals surface area contributed by atoms with E-state index >= 15 is 0 Å². The first-order valence-corrected chi connectivity index (χ1v) is 3.40. The maximum absolute atomic E-state index is 10.0. The van der Waals surface area contributed by atoms with E-state index in [1.807, 2.05) is 0 Å². The quantitative estimate of drug-likeness (QED) is 0.280. The summed E-state index contributed by atoms with van der Waals surface area (Å²) in [7, 11) is 0. The largest absolute Gasteiger partial charge is 0.394 e. The molecule has 6 heteroatoms. The van der Waals surface area contributed by atoms with Crippen LogP contribution >= 0.6 is 0 Å². The molecule has 0 rings (SSSR count). The molecule has 6 nitrogen and oxygen atoms in total. The molecule has 0 heterocycles. The molecule has 0 aliphatic carbocycles. The molecule has 0 aromatic heterocycles. The number of carbonyl (C=O) groups is 1. The first kappa shape index (κ1) is 11.5. The van der Waals surface area contributed by atoms with E-state index in [1.54, 1.807) is 0 Å². The number of aliphatic hydroxyl groups is 4. The van der Waals surface area contributed by atoms with Crippen molar-refractivity contribution in [2.45, 2.75) is 24.4 Å². The number of aldehydes is 1. The summed E-state index contributed by atoms with van der Waals surface area (Å²) in [4.78, 5) is 10.0. The highest BCUT2D eigenvalue weighted by atomic mass is 16.4. The van der Waals surface area contributed by atoms with Crippen molar-refractivity contribution >= 4 is 6.29 Å². The SMILES string of the molecule is N[C@H](C=O)[C@H](O)[C@H](O)[C@H](O)CO. The van der Waals surface area contributed by atoms with Gasteiger partial charge in [-0.3, -0.25) is 0 Å². The van der Waals surface area contributed by atoms with Crippen LogP contribution < -0.4 is 5.73 Å². The lowest BCUT2D eigenvalue weighted by atomic mass is 10.0. The molecular formula is C6H13NO5. The summed E-state index contributed by atoms with van der Waals surface area (Å²) < 4.78 is 0. The fourth-order valence-electron chi connectivity index (χ4n) is 0.644. The van der Waals surface area contributed by atoms with Crippen LogP contribution in [0.3, 0.4) is 0 Å². The summed E-state index contributed by atoms with van der Waals surface area (Å²) in [6.45, 7) is -0.705. The highest BCUT2D eigenvalue weighted by molar-refractivity contribution is 5.58. The lowest BCUT2D eigenvalue weighted by molar-refractivity contribution is -0.118. The van der Waals surface area contributed by atoms with Crippen LogP contribution in [0.2, 0.25) is 0 Å². The molecule has 0 aromatic carbocycles. The first-order valence-electron chi connectivity index (χ1n) is 3.40. The molecule has 0 fully saturated rings. The Kier molecular flexibility index (Phi) is 4.95. The molecule has 0 bridgehead atoms. The topological polar surface area (TPSA) is 124 Å². The van der Waals surface area contributed by atoms with Gasteiger partial charge in [0.1, 0.15) is 24.6 Å². The van der Waals surface area contributed by atoms with Gasteiger partial charge in [0.15, 0.2) is 0 Å². The van der Waals surface area contributed by atoms with Crippen LogP contribution in [0.4, 0.5) is 0 Å². The van der Waals surface area contributed by atoms with Gasteiger partial charge in [0.25, 0.3) is 0 Å². The molecule has 0 aliphatic rings. The molecule has 6 N–H and O–H groups in total. The van der Waals surface area contributed by atoms with E-state index in [4.69, 9.17) is 26.2 Å². The van der Waals surface area contributed by atoms with Crippen LogP contribution in [0.1, 0.15) is 0 Å². The van der Waals surface area contributed by atoms with Gasteiger partial charge in [-0.2, -0.15) is 0 Å². The number of rotatable bonds is 5. The fraction of sp³-hybridized carbons (Fsp3) is 0.833. The van der Waals surface area contributed by atoms with Crippen molar-refractivity contribution in [3.63, 3.8) is 0 Å². The van der Waals surface area contributed by atoms with Crippen LogP contribution in [-0.2, 0) is 4.79 Å². The summed E-state index contributed by atoms with van der Waals surface area (Å²) in [5, 5.41) is 35.2. The molecule has 0 aromatic rings. The minimum absolute atomic E-state index is 0.248. The molecule has 0 radical (unpaired) electrons. The van der Waals surface area contributed by atoms with Crippen molar-refractivity contribution in [3.05, 3.63) is 0 Å². The molecule has 72 valence electrons. The van der Waals surface area contributed by atoms with Crippen LogP contribution in [0.15, 0.2) is 0 Å². The van der Waals surface area contributed by atoms with Crippen LogP contribution in [0.25, 0.3) is 0 Å². The Bertz CT molecular complexity index is 142. The number of hydrogen-bond acceptors (Lipinski definition) is 6. The van der Waals surface area contributed by atoms with E-state index in [0.717, 1.165) is 0 Å². The maximum Gasteiger partial charge on any atom is 0.139 e. The minimum atomic E-state index is -1.62. The van der Waals surface area contributed by atoms with Gasteiger partial charge in [-0.15, -0.1) is 0 Å². The second-order valence-electron chi connectivity index (χ2n) is 2.44. The third-order valence-electron chi connectivity index (χ3n) is 1.48. The molecule has 0 amide bonds.